The van der Waals surface area contributed by atoms with Crippen molar-refractivity contribution in [2.24, 2.45) is 10.9 Å². The minimum absolute atomic E-state index is 0.237. The van der Waals surface area contributed by atoms with Gasteiger partial charge in [0.25, 0.3) is 0 Å². The largest absolute Gasteiger partial charge is 0.409 e. The Bertz CT molecular complexity index is 174. The number of hydrogen-bond acceptors (Lipinski definition) is 4. The van der Waals surface area contributed by atoms with E-state index in [1.807, 2.05) is 0 Å². The molecule has 1 atom stereocenters. The fraction of sp³-hybridized carbons (Fsp3) is 0.900. The van der Waals surface area contributed by atoms with Crippen LogP contribution < -0.4 is 11.1 Å². The second-order valence-corrected chi connectivity index (χ2v) is 3.70. The van der Waals surface area contributed by atoms with Crippen LogP contribution in [0.3, 0.4) is 0 Å². The molecule has 0 rings (SSSR count). The van der Waals surface area contributed by atoms with Crippen LogP contribution in [0, 0.1) is 0 Å². The van der Waals surface area contributed by atoms with E-state index in [2.05, 4.69) is 17.4 Å². The molecule has 0 amide bonds. The second kappa shape index (κ2) is 9.73. The molecule has 0 heterocycles. The molecule has 0 radical (unpaired) electrons. The number of rotatable bonds is 9. The van der Waals surface area contributed by atoms with Crippen molar-refractivity contribution in [1.29, 1.82) is 0 Å². The minimum Gasteiger partial charge on any atom is -0.409 e. The highest BCUT2D eigenvalue weighted by Gasteiger charge is 2.00. The first kappa shape index (κ1) is 14.2. The average molecular weight is 217 g/mol. The number of unbranched alkanes of at least 4 members (excludes halogenated alkanes) is 1. The molecule has 0 aliphatic heterocycles. The van der Waals surface area contributed by atoms with E-state index < -0.39 is 0 Å². The SMILES string of the molecule is CCCC(O)CNCCCCC(N)=NO. The van der Waals surface area contributed by atoms with Gasteiger partial charge in [-0.15, -0.1) is 0 Å². The van der Waals surface area contributed by atoms with Gasteiger partial charge in [0.1, 0.15) is 5.84 Å². The quantitative estimate of drug-likeness (QED) is 0.150. The summed E-state index contributed by atoms with van der Waals surface area (Å²) in [5, 5.41) is 23.7. The zero-order valence-corrected chi connectivity index (χ0v) is 9.45. The van der Waals surface area contributed by atoms with Crippen molar-refractivity contribution in [3.8, 4) is 0 Å². The van der Waals surface area contributed by atoms with Crippen molar-refractivity contribution in [2.45, 2.75) is 45.1 Å². The fourth-order valence-electron chi connectivity index (χ4n) is 1.31. The van der Waals surface area contributed by atoms with Crippen LogP contribution >= 0.6 is 0 Å². The second-order valence-electron chi connectivity index (χ2n) is 3.70. The molecule has 0 spiro atoms. The van der Waals surface area contributed by atoms with Crippen LogP contribution in [0.25, 0.3) is 0 Å². The third-order valence-electron chi connectivity index (χ3n) is 2.17. The summed E-state index contributed by atoms with van der Waals surface area (Å²) in [7, 11) is 0. The number of nitrogens with zero attached hydrogens (tertiary/aromatic N) is 1. The van der Waals surface area contributed by atoms with E-state index in [1.165, 1.54) is 0 Å². The molecule has 90 valence electrons. The van der Waals surface area contributed by atoms with Crippen molar-refractivity contribution < 1.29 is 10.3 Å². The zero-order valence-electron chi connectivity index (χ0n) is 9.45. The van der Waals surface area contributed by atoms with E-state index >= 15 is 0 Å². The lowest BCUT2D eigenvalue weighted by Gasteiger charge is -2.10. The van der Waals surface area contributed by atoms with Crippen LogP contribution in [0.4, 0.5) is 0 Å². The molecule has 0 aliphatic rings. The summed E-state index contributed by atoms with van der Waals surface area (Å²) in [6.07, 6.45) is 4.10. The van der Waals surface area contributed by atoms with E-state index in [0.717, 1.165) is 32.2 Å². The molecular weight excluding hydrogens is 194 g/mol. The van der Waals surface area contributed by atoms with Gasteiger partial charge in [-0.25, -0.2) is 0 Å². The van der Waals surface area contributed by atoms with Crippen molar-refractivity contribution in [2.75, 3.05) is 13.1 Å². The lowest BCUT2D eigenvalue weighted by molar-refractivity contribution is 0.161. The average Bonchev–Trinajstić information content (AvgIpc) is 2.23. The van der Waals surface area contributed by atoms with Crippen LogP contribution in [0.5, 0.6) is 0 Å². The van der Waals surface area contributed by atoms with E-state index in [0.29, 0.717) is 13.0 Å². The molecular formula is C10H23N3O2. The monoisotopic (exact) mass is 217 g/mol. The molecule has 5 N–H and O–H groups in total. The fourth-order valence-corrected chi connectivity index (χ4v) is 1.31. The summed E-state index contributed by atoms with van der Waals surface area (Å²) >= 11 is 0. The maximum absolute atomic E-state index is 9.40. The number of oxime groups is 1. The van der Waals surface area contributed by atoms with E-state index in [1.54, 1.807) is 0 Å². The van der Waals surface area contributed by atoms with Gasteiger partial charge in [-0.1, -0.05) is 18.5 Å². The third-order valence-corrected chi connectivity index (χ3v) is 2.17. The maximum atomic E-state index is 9.40. The Morgan fingerprint density at radius 2 is 2.20 bits per heavy atom. The summed E-state index contributed by atoms with van der Waals surface area (Å²) in [5.41, 5.74) is 5.32. The molecule has 0 fully saturated rings. The van der Waals surface area contributed by atoms with Crippen LogP contribution in [0.2, 0.25) is 0 Å². The number of aliphatic hydroxyl groups excluding tert-OH is 1. The molecule has 5 heteroatoms. The Kier molecular flexibility index (Phi) is 9.21. The number of hydrogen-bond donors (Lipinski definition) is 4. The van der Waals surface area contributed by atoms with Crippen molar-refractivity contribution in [1.82, 2.24) is 5.32 Å². The molecule has 15 heavy (non-hydrogen) atoms. The third kappa shape index (κ3) is 9.49. The smallest absolute Gasteiger partial charge is 0.139 e. The normalized spacial score (nSPS) is 14.1. The molecule has 5 nitrogen and oxygen atoms in total. The Morgan fingerprint density at radius 1 is 1.47 bits per heavy atom. The molecule has 1 unspecified atom stereocenters. The maximum Gasteiger partial charge on any atom is 0.139 e. The Morgan fingerprint density at radius 3 is 2.80 bits per heavy atom. The lowest BCUT2D eigenvalue weighted by atomic mass is 10.2. The molecule has 0 saturated carbocycles. The Labute approximate surface area is 91.4 Å². The number of amidine groups is 1. The van der Waals surface area contributed by atoms with Gasteiger partial charge in [0.2, 0.25) is 0 Å². The van der Waals surface area contributed by atoms with E-state index in [-0.39, 0.29) is 11.9 Å². The minimum atomic E-state index is -0.237. The summed E-state index contributed by atoms with van der Waals surface area (Å²) in [4.78, 5) is 0. The Hall–Kier alpha value is -0.810. The van der Waals surface area contributed by atoms with Crippen molar-refractivity contribution in [3.63, 3.8) is 0 Å². The topological polar surface area (TPSA) is 90.9 Å². The summed E-state index contributed by atoms with van der Waals surface area (Å²) < 4.78 is 0. The van der Waals surface area contributed by atoms with Crippen LogP contribution in [-0.2, 0) is 0 Å². The predicted molar refractivity (Wildman–Crippen MR) is 61.0 cm³/mol. The standard InChI is InChI=1S/C10H23N3O2/c1-2-5-9(14)8-12-7-4-3-6-10(11)13-15/h9,12,14-15H,2-8H2,1H3,(H2,11,13). The highest BCUT2D eigenvalue weighted by Crippen LogP contribution is 1.96. The first-order chi connectivity index (χ1) is 7.20. The van der Waals surface area contributed by atoms with Crippen LogP contribution in [-0.4, -0.2) is 35.3 Å². The molecule has 0 aromatic carbocycles. The summed E-state index contributed by atoms with van der Waals surface area (Å²) in [6, 6.07) is 0. The van der Waals surface area contributed by atoms with Gasteiger partial charge < -0.3 is 21.4 Å². The van der Waals surface area contributed by atoms with Crippen molar-refractivity contribution >= 4 is 5.84 Å². The molecule has 0 bridgehead atoms. The van der Waals surface area contributed by atoms with Gasteiger partial charge in [-0.2, -0.15) is 0 Å². The summed E-state index contributed by atoms with van der Waals surface area (Å²) in [6.45, 7) is 3.57. The van der Waals surface area contributed by atoms with Gasteiger partial charge in [-0.05, 0) is 25.8 Å². The van der Waals surface area contributed by atoms with E-state index in [9.17, 15) is 5.11 Å². The molecule has 0 saturated heterocycles. The molecule has 0 aromatic rings. The highest BCUT2D eigenvalue weighted by atomic mass is 16.4. The predicted octanol–water partition coefficient (Wildman–Crippen LogP) is 0.654. The van der Waals surface area contributed by atoms with Gasteiger partial charge in [0.05, 0.1) is 6.10 Å². The Balaban J connectivity index is 3.18. The van der Waals surface area contributed by atoms with Crippen LogP contribution in [0.15, 0.2) is 5.16 Å². The lowest BCUT2D eigenvalue weighted by Crippen LogP contribution is -2.27. The van der Waals surface area contributed by atoms with Crippen LogP contribution in [0.1, 0.15) is 39.0 Å². The first-order valence-corrected chi connectivity index (χ1v) is 5.55. The highest BCUT2D eigenvalue weighted by molar-refractivity contribution is 5.79. The van der Waals surface area contributed by atoms with E-state index in [4.69, 9.17) is 10.9 Å². The van der Waals surface area contributed by atoms with Gasteiger partial charge >= 0.3 is 0 Å². The zero-order chi connectivity index (χ0) is 11.5. The van der Waals surface area contributed by atoms with Crippen molar-refractivity contribution in [3.05, 3.63) is 0 Å². The summed E-state index contributed by atoms with van der Waals surface area (Å²) in [5.74, 6) is 0.279. The van der Waals surface area contributed by atoms with Gasteiger partial charge in [0, 0.05) is 13.0 Å². The molecule has 0 aliphatic carbocycles. The number of nitrogens with one attached hydrogen (secondary N) is 1. The van der Waals surface area contributed by atoms with Gasteiger partial charge in [-0.3, -0.25) is 0 Å². The first-order valence-electron chi connectivity index (χ1n) is 5.55. The molecule has 0 aromatic heterocycles. The number of nitrogens with two attached hydrogens (primary N) is 1. The number of aliphatic hydroxyl groups is 1. The van der Waals surface area contributed by atoms with Gasteiger partial charge in [0.15, 0.2) is 0 Å².